The van der Waals surface area contributed by atoms with E-state index in [1.165, 1.54) is 0 Å². The number of aryl methyl sites for hydroxylation is 1. The average Bonchev–Trinajstić information content (AvgIpc) is 3.54. The summed E-state index contributed by atoms with van der Waals surface area (Å²) in [6.45, 7) is 4.11. The molecule has 1 saturated heterocycles. The van der Waals surface area contributed by atoms with Crippen LogP contribution in [0.4, 0.5) is 17.5 Å². The van der Waals surface area contributed by atoms with Crippen LogP contribution < -0.4 is 15.4 Å². The highest BCUT2D eigenvalue weighted by Crippen LogP contribution is 2.32. The second-order valence-corrected chi connectivity index (χ2v) is 8.45. The molecule has 2 unspecified atom stereocenters. The molecule has 0 amide bonds. The lowest BCUT2D eigenvalue weighted by atomic mass is 10.2. The van der Waals surface area contributed by atoms with Crippen molar-refractivity contribution < 1.29 is 9.47 Å². The molecule has 33 heavy (non-hydrogen) atoms. The summed E-state index contributed by atoms with van der Waals surface area (Å²) in [4.78, 5) is 13.7. The lowest BCUT2D eigenvalue weighted by Crippen LogP contribution is -2.20. The summed E-state index contributed by atoms with van der Waals surface area (Å²) in [6, 6.07) is 4.18. The number of nitrogens with zero attached hydrogens (tertiary/aromatic N) is 7. The molecule has 11 nitrogen and oxygen atoms in total. The fourth-order valence-corrected chi connectivity index (χ4v) is 4.27. The lowest BCUT2D eigenvalue weighted by Gasteiger charge is -2.16. The third-order valence-corrected chi connectivity index (χ3v) is 6.09. The summed E-state index contributed by atoms with van der Waals surface area (Å²) in [7, 11) is 1.85. The van der Waals surface area contributed by atoms with Gasteiger partial charge in [-0.25, -0.2) is 19.6 Å². The predicted molar refractivity (Wildman–Crippen MR) is 123 cm³/mol. The summed E-state index contributed by atoms with van der Waals surface area (Å²) in [5.41, 5.74) is 1.74. The molecule has 0 aliphatic carbocycles. The van der Waals surface area contributed by atoms with Crippen LogP contribution >= 0.6 is 0 Å². The Hall–Kier alpha value is -3.73. The topological polar surface area (TPSA) is 117 Å². The van der Waals surface area contributed by atoms with E-state index in [2.05, 4.69) is 37.6 Å². The first kappa shape index (κ1) is 19.9. The number of ether oxygens (including phenoxy) is 2. The van der Waals surface area contributed by atoms with E-state index < -0.39 is 0 Å². The Morgan fingerprint density at radius 3 is 2.97 bits per heavy atom. The van der Waals surface area contributed by atoms with E-state index in [4.69, 9.17) is 14.6 Å². The van der Waals surface area contributed by atoms with Crippen LogP contribution in [0.2, 0.25) is 0 Å². The number of nitrogens with one attached hydrogen (secondary N) is 2. The minimum atomic E-state index is 0.104. The molecule has 4 bridgehead atoms. The van der Waals surface area contributed by atoms with Crippen molar-refractivity contribution in [3.63, 3.8) is 0 Å². The third-order valence-electron chi connectivity index (χ3n) is 6.09. The number of hydrogen-bond donors (Lipinski definition) is 2. The van der Waals surface area contributed by atoms with Gasteiger partial charge in [0.05, 0.1) is 42.4 Å². The first-order chi connectivity index (χ1) is 16.2. The molecule has 6 heterocycles. The van der Waals surface area contributed by atoms with Gasteiger partial charge in [0.15, 0.2) is 11.6 Å². The minimum Gasteiger partial charge on any atom is -0.477 e. The molecule has 2 atom stereocenters. The molecule has 2 aliphatic rings. The Morgan fingerprint density at radius 1 is 1.15 bits per heavy atom. The van der Waals surface area contributed by atoms with Gasteiger partial charge in [-0.05, 0) is 19.4 Å². The Morgan fingerprint density at radius 2 is 2.09 bits per heavy atom. The van der Waals surface area contributed by atoms with Crippen LogP contribution in [0, 0.1) is 0 Å². The van der Waals surface area contributed by atoms with Gasteiger partial charge >= 0.3 is 0 Å². The van der Waals surface area contributed by atoms with Crippen molar-refractivity contribution in [3.05, 3.63) is 30.7 Å². The van der Waals surface area contributed by atoms with E-state index in [0.29, 0.717) is 36.6 Å². The van der Waals surface area contributed by atoms with Crippen molar-refractivity contribution in [2.75, 3.05) is 30.5 Å². The van der Waals surface area contributed by atoms with Crippen LogP contribution in [-0.4, -0.2) is 60.4 Å². The molecular weight excluding hydrogens is 422 g/mol. The highest BCUT2D eigenvalue weighted by molar-refractivity contribution is 5.91. The lowest BCUT2D eigenvalue weighted by molar-refractivity contribution is 0.195. The van der Waals surface area contributed by atoms with E-state index >= 15 is 0 Å². The van der Waals surface area contributed by atoms with Crippen molar-refractivity contribution in [3.8, 4) is 17.3 Å². The second-order valence-electron chi connectivity index (χ2n) is 8.45. The van der Waals surface area contributed by atoms with Crippen LogP contribution in [0.25, 0.3) is 22.3 Å². The van der Waals surface area contributed by atoms with E-state index in [1.807, 2.05) is 30.1 Å². The zero-order valence-electron chi connectivity index (χ0n) is 18.5. The normalized spacial score (nSPS) is 20.2. The number of fused-ring (bicyclic) bond motifs is 5. The van der Waals surface area contributed by atoms with Gasteiger partial charge in [0.25, 0.3) is 0 Å². The van der Waals surface area contributed by atoms with Crippen LogP contribution in [0.5, 0.6) is 5.88 Å². The highest BCUT2D eigenvalue weighted by atomic mass is 16.5. The molecule has 2 aliphatic heterocycles. The molecule has 170 valence electrons. The first-order valence-corrected chi connectivity index (χ1v) is 11.1. The molecule has 0 spiro atoms. The van der Waals surface area contributed by atoms with Gasteiger partial charge in [-0.3, -0.25) is 4.68 Å². The molecule has 6 rings (SSSR count). The van der Waals surface area contributed by atoms with Gasteiger partial charge in [0, 0.05) is 38.5 Å². The average molecular weight is 448 g/mol. The highest BCUT2D eigenvalue weighted by Gasteiger charge is 2.22. The number of hydrogen-bond acceptors (Lipinski definition) is 9. The summed E-state index contributed by atoms with van der Waals surface area (Å²) in [5, 5.41) is 17.1. The first-order valence-electron chi connectivity index (χ1n) is 11.1. The molecule has 4 aromatic rings. The molecule has 0 aromatic carbocycles. The zero-order valence-corrected chi connectivity index (χ0v) is 18.5. The quantitative estimate of drug-likeness (QED) is 0.478. The monoisotopic (exact) mass is 447 g/mol. The molecule has 1 fully saturated rings. The number of pyridine rings is 1. The molecule has 2 N–H and O–H groups in total. The van der Waals surface area contributed by atoms with E-state index in [1.54, 1.807) is 17.1 Å². The van der Waals surface area contributed by atoms with Gasteiger partial charge in [0.1, 0.15) is 17.2 Å². The van der Waals surface area contributed by atoms with Crippen molar-refractivity contribution >= 4 is 28.4 Å². The fourth-order valence-electron chi connectivity index (χ4n) is 4.27. The minimum absolute atomic E-state index is 0.104. The number of rotatable bonds is 2. The van der Waals surface area contributed by atoms with Gasteiger partial charge in [-0.15, -0.1) is 0 Å². The third kappa shape index (κ3) is 3.63. The Bertz CT molecular complexity index is 1310. The summed E-state index contributed by atoms with van der Waals surface area (Å²) >= 11 is 0. The number of aromatic nitrogens is 7. The SMILES string of the molecule is CC1CCOc2c(cnn2C)-c2nccc(n2)Nc2cc3c(cn2)c(NC2CCOC2)nn31. The van der Waals surface area contributed by atoms with Crippen LogP contribution in [0.3, 0.4) is 0 Å². The number of anilines is 3. The van der Waals surface area contributed by atoms with Crippen molar-refractivity contribution in [1.29, 1.82) is 0 Å². The van der Waals surface area contributed by atoms with E-state index in [0.717, 1.165) is 41.7 Å². The standard InChI is InChI=1S/C22H25N9O2/c1-13-4-8-33-22-16(11-25-30(22)2)20-23-6-3-18(28-20)27-19-9-17-15(10-24-19)21(29-31(13)17)26-14-5-7-32-12-14/h3,6,9-11,13-14H,4-5,7-8,12H2,1-2H3,(H,26,29)(H,23,24,27,28). The Balaban J connectivity index is 1.44. The van der Waals surface area contributed by atoms with E-state index in [9.17, 15) is 0 Å². The van der Waals surface area contributed by atoms with Crippen molar-refractivity contribution in [1.82, 2.24) is 34.5 Å². The van der Waals surface area contributed by atoms with E-state index in [-0.39, 0.29) is 12.1 Å². The maximum atomic E-state index is 6.15. The molecule has 0 saturated carbocycles. The largest absolute Gasteiger partial charge is 0.477 e. The van der Waals surface area contributed by atoms with Crippen molar-refractivity contribution in [2.24, 2.45) is 7.05 Å². The zero-order chi connectivity index (χ0) is 22.4. The predicted octanol–water partition coefficient (Wildman–Crippen LogP) is 2.91. The van der Waals surface area contributed by atoms with Crippen LogP contribution in [0.15, 0.2) is 30.7 Å². The van der Waals surface area contributed by atoms with Crippen molar-refractivity contribution in [2.45, 2.75) is 31.8 Å². The van der Waals surface area contributed by atoms with Gasteiger partial charge in [0.2, 0.25) is 5.88 Å². The van der Waals surface area contributed by atoms with Gasteiger partial charge in [-0.2, -0.15) is 10.2 Å². The second kappa shape index (κ2) is 8.00. The van der Waals surface area contributed by atoms with Crippen LogP contribution in [0.1, 0.15) is 25.8 Å². The summed E-state index contributed by atoms with van der Waals surface area (Å²) in [5.74, 6) is 3.34. The summed E-state index contributed by atoms with van der Waals surface area (Å²) < 4.78 is 15.4. The maximum absolute atomic E-state index is 6.15. The van der Waals surface area contributed by atoms with Crippen LogP contribution in [-0.2, 0) is 11.8 Å². The molecule has 4 aromatic heterocycles. The Labute approximate surface area is 190 Å². The fraction of sp³-hybridized carbons (Fsp3) is 0.409. The van der Waals surface area contributed by atoms with Gasteiger partial charge in [-0.1, -0.05) is 0 Å². The molecule has 0 radical (unpaired) electrons. The smallest absolute Gasteiger partial charge is 0.222 e. The Kier molecular flexibility index (Phi) is 4.83. The maximum Gasteiger partial charge on any atom is 0.222 e. The molecular formula is C22H25N9O2. The summed E-state index contributed by atoms with van der Waals surface area (Å²) in [6.07, 6.45) is 7.02. The molecule has 11 heteroatoms. The van der Waals surface area contributed by atoms with Gasteiger partial charge < -0.3 is 20.1 Å².